The number of carbonyl (C=O) groups is 1. The zero-order chi connectivity index (χ0) is 16.7. The van der Waals surface area contributed by atoms with Crippen LogP contribution in [0.5, 0.6) is 0 Å². The van der Waals surface area contributed by atoms with Crippen LogP contribution in [0.3, 0.4) is 0 Å². The monoisotopic (exact) mass is 347 g/mol. The molecule has 0 aromatic carbocycles. The standard InChI is InChI=1S/C17H25N5OS/c1-12-14-15(20(2)19-12)18-17(24-14)22-10-6-13(7-11-22)16(23)21-8-4-3-5-9-21/h13H,3-11H2,1-2H3. The number of nitrogens with zero attached hydrogens (tertiary/aromatic N) is 5. The molecule has 0 aliphatic carbocycles. The number of hydrogen-bond acceptors (Lipinski definition) is 5. The Morgan fingerprint density at radius 3 is 2.50 bits per heavy atom. The van der Waals surface area contributed by atoms with Gasteiger partial charge in [0, 0.05) is 39.1 Å². The Bertz CT molecular complexity index is 703. The van der Waals surface area contributed by atoms with Gasteiger partial charge in [-0.05, 0) is 39.0 Å². The number of fused-ring (bicyclic) bond motifs is 1. The van der Waals surface area contributed by atoms with Gasteiger partial charge in [-0.2, -0.15) is 5.10 Å². The quantitative estimate of drug-likeness (QED) is 0.838. The highest BCUT2D eigenvalue weighted by atomic mass is 32.1. The molecule has 0 N–H and O–H groups in total. The van der Waals surface area contributed by atoms with Gasteiger partial charge in [0.1, 0.15) is 0 Å². The minimum absolute atomic E-state index is 0.206. The molecule has 2 aromatic rings. The maximum absolute atomic E-state index is 12.7. The molecule has 7 heteroatoms. The summed E-state index contributed by atoms with van der Waals surface area (Å²) in [5.41, 5.74) is 2.02. The van der Waals surface area contributed by atoms with Gasteiger partial charge in [0.25, 0.3) is 0 Å². The molecule has 2 aliphatic heterocycles. The van der Waals surface area contributed by atoms with Crippen LogP contribution in [0, 0.1) is 12.8 Å². The second-order valence-electron chi connectivity index (χ2n) is 7.01. The van der Waals surface area contributed by atoms with Gasteiger partial charge in [-0.1, -0.05) is 11.3 Å². The summed E-state index contributed by atoms with van der Waals surface area (Å²) in [7, 11) is 1.95. The first kappa shape index (κ1) is 15.9. The number of piperidine rings is 2. The fourth-order valence-electron chi connectivity index (χ4n) is 3.90. The van der Waals surface area contributed by atoms with Gasteiger partial charge >= 0.3 is 0 Å². The van der Waals surface area contributed by atoms with Gasteiger partial charge < -0.3 is 9.80 Å². The lowest BCUT2D eigenvalue weighted by Crippen LogP contribution is -2.44. The van der Waals surface area contributed by atoms with Crippen molar-refractivity contribution in [2.45, 2.75) is 39.0 Å². The lowest BCUT2D eigenvalue weighted by molar-refractivity contribution is -0.137. The number of rotatable bonds is 2. The molecule has 2 aromatic heterocycles. The van der Waals surface area contributed by atoms with Crippen molar-refractivity contribution in [2.24, 2.45) is 13.0 Å². The van der Waals surface area contributed by atoms with E-state index >= 15 is 0 Å². The van der Waals surface area contributed by atoms with Gasteiger partial charge in [0.05, 0.1) is 10.4 Å². The van der Waals surface area contributed by atoms with Crippen molar-refractivity contribution in [3.05, 3.63) is 5.69 Å². The molecule has 24 heavy (non-hydrogen) atoms. The summed E-state index contributed by atoms with van der Waals surface area (Å²) >= 11 is 1.73. The average Bonchev–Trinajstić information content (AvgIpc) is 3.17. The van der Waals surface area contributed by atoms with Gasteiger partial charge in [0.15, 0.2) is 10.8 Å². The molecule has 4 rings (SSSR count). The first-order valence-electron chi connectivity index (χ1n) is 8.97. The van der Waals surface area contributed by atoms with Crippen LogP contribution in [-0.4, -0.2) is 51.8 Å². The third-order valence-corrected chi connectivity index (χ3v) is 6.53. The van der Waals surface area contributed by atoms with E-state index in [1.54, 1.807) is 11.3 Å². The number of aromatic nitrogens is 3. The maximum atomic E-state index is 12.7. The van der Waals surface area contributed by atoms with Crippen molar-refractivity contribution in [1.82, 2.24) is 19.7 Å². The van der Waals surface area contributed by atoms with E-state index < -0.39 is 0 Å². The van der Waals surface area contributed by atoms with Crippen molar-refractivity contribution in [3.63, 3.8) is 0 Å². The average molecular weight is 347 g/mol. The Labute approximate surface area is 146 Å². The second-order valence-corrected chi connectivity index (χ2v) is 7.98. The largest absolute Gasteiger partial charge is 0.348 e. The molecule has 0 unspecified atom stereocenters. The van der Waals surface area contributed by atoms with Crippen molar-refractivity contribution in [3.8, 4) is 0 Å². The van der Waals surface area contributed by atoms with Crippen LogP contribution in [0.25, 0.3) is 10.3 Å². The van der Waals surface area contributed by atoms with Gasteiger partial charge in [-0.25, -0.2) is 9.67 Å². The molecule has 0 radical (unpaired) electrons. The number of carbonyl (C=O) groups excluding carboxylic acids is 1. The number of likely N-dealkylation sites (tertiary alicyclic amines) is 1. The van der Waals surface area contributed by atoms with Crippen LogP contribution in [-0.2, 0) is 11.8 Å². The van der Waals surface area contributed by atoms with E-state index in [0.717, 1.165) is 55.5 Å². The van der Waals surface area contributed by atoms with Crippen LogP contribution in [0.1, 0.15) is 37.8 Å². The zero-order valence-electron chi connectivity index (χ0n) is 14.5. The van der Waals surface area contributed by atoms with Gasteiger partial charge in [-0.15, -0.1) is 0 Å². The van der Waals surface area contributed by atoms with E-state index in [1.165, 1.54) is 24.0 Å². The minimum Gasteiger partial charge on any atom is -0.348 e. The van der Waals surface area contributed by atoms with E-state index in [1.807, 2.05) is 18.7 Å². The summed E-state index contributed by atoms with van der Waals surface area (Å²) in [6, 6.07) is 0. The second kappa shape index (κ2) is 6.35. The first-order chi connectivity index (χ1) is 11.6. The third-order valence-electron chi connectivity index (χ3n) is 5.32. The topological polar surface area (TPSA) is 54.3 Å². The highest BCUT2D eigenvalue weighted by Gasteiger charge is 2.30. The number of anilines is 1. The molecule has 6 nitrogen and oxygen atoms in total. The van der Waals surface area contributed by atoms with Crippen LogP contribution >= 0.6 is 11.3 Å². The molecule has 4 heterocycles. The predicted octanol–water partition coefficient (Wildman–Crippen LogP) is 2.57. The number of amides is 1. The summed E-state index contributed by atoms with van der Waals surface area (Å²) in [6.07, 6.45) is 5.51. The highest BCUT2D eigenvalue weighted by Crippen LogP contribution is 2.33. The predicted molar refractivity (Wildman–Crippen MR) is 96.5 cm³/mol. The molecular formula is C17H25N5OS. The Hall–Kier alpha value is -1.63. The minimum atomic E-state index is 0.206. The molecule has 0 atom stereocenters. The zero-order valence-corrected chi connectivity index (χ0v) is 15.3. The van der Waals surface area contributed by atoms with Crippen LogP contribution in [0.2, 0.25) is 0 Å². The molecule has 1 amide bonds. The van der Waals surface area contributed by atoms with Gasteiger partial charge in [-0.3, -0.25) is 4.79 Å². The van der Waals surface area contributed by atoms with Crippen LogP contribution < -0.4 is 4.90 Å². The first-order valence-corrected chi connectivity index (χ1v) is 9.79. The summed E-state index contributed by atoms with van der Waals surface area (Å²) in [5, 5.41) is 5.49. The van der Waals surface area contributed by atoms with E-state index in [9.17, 15) is 4.79 Å². The lowest BCUT2D eigenvalue weighted by Gasteiger charge is -2.35. The smallest absolute Gasteiger partial charge is 0.225 e. The maximum Gasteiger partial charge on any atom is 0.225 e. The highest BCUT2D eigenvalue weighted by molar-refractivity contribution is 7.22. The SMILES string of the molecule is Cc1nn(C)c2nc(N3CCC(C(=O)N4CCCCC4)CC3)sc12. The lowest BCUT2D eigenvalue weighted by atomic mass is 9.94. The van der Waals surface area contributed by atoms with E-state index in [4.69, 9.17) is 4.98 Å². The fraction of sp³-hybridized carbons (Fsp3) is 0.706. The molecular weight excluding hydrogens is 322 g/mol. The van der Waals surface area contributed by atoms with Gasteiger partial charge in [0.2, 0.25) is 5.91 Å². The molecule has 2 fully saturated rings. The fourth-order valence-corrected chi connectivity index (χ4v) is 4.98. The van der Waals surface area contributed by atoms with Crippen molar-refractivity contribution in [2.75, 3.05) is 31.1 Å². The van der Waals surface area contributed by atoms with E-state index in [0.29, 0.717) is 5.91 Å². The van der Waals surface area contributed by atoms with E-state index in [-0.39, 0.29) is 5.92 Å². The summed E-state index contributed by atoms with van der Waals surface area (Å²) in [4.78, 5) is 21.9. The molecule has 2 saturated heterocycles. The summed E-state index contributed by atoms with van der Waals surface area (Å²) in [5.74, 6) is 0.593. The van der Waals surface area contributed by atoms with Crippen LogP contribution in [0.4, 0.5) is 5.13 Å². The normalized spacial score (nSPS) is 20.1. The summed E-state index contributed by atoms with van der Waals surface area (Å²) in [6.45, 7) is 5.81. The van der Waals surface area contributed by atoms with Crippen molar-refractivity contribution < 1.29 is 4.79 Å². The number of aryl methyl sites for hydroxylation is 2. The molecule has 130 valence electrons. The van der Waals surface area contributed by atoms with Crippen molar-refractivity contribution >= 4 is 32.7 Å². The Balaban J connectivity index is 1.41. The van der Waals surface area contributed by atoms with E-state index in [2.05, 4.69) is 14.9 Å². The molecule has 0 spiro atoms. The van der Waals surface area contributed by atoms with Crippen LogP contribution in [0.15, 0.2) is 0 Å². The number of hydrogen-bond donors (Lipinski definition) is 0. The molecule has 0 saturated carbocycles. The Kier molecular flexibility index (Phi) is 4.20. The molecule has 2 aliphatic rings. The molecule has 0 bridgehead atoms. The Morgan fingerprint density at radius 1 is 1.12 bits per heavy atom. The summed E-state index contributed by atoms with van der Waals surface area (Å²) < 4.78 is 3.04. The Morgan fingerprint density at radius 2 is 1.83 bits per heavy atom. The third kappa shape index (κ3) is 2.79. The van der Waals surface area contributed by atoms with Crippen molar-refractivity contribution in [1.29, 1.82) is 0 Å². The number of thiazole rings is 1.